The number of anilines is 2. The molecule has 1 aliphatic carbocycles. The summed E-state index contributed by atoms with van der Waals surface area (Å²) in [5.41, 5.74) is 1.24. The maximum Gasteiger partial charge on any atom is 0.422 e. The highest BCUT2D eigenvalue weighted by atomic mass is 32.1. The van der Waals surface area contributed by atoms with Crippen LogP contribution < -0.4 is 20.1 Å². The van der Waals surface area contributed by atoms with Crippen LogP contribution in [0.5, 0.6) is 11.5 Å². The fraction of sp³-hybridized carbons (Fsp3) is 0.455. The van der Waals surface area contributed by atoms with Gasteiger partial charge < -0.3 is 24.8 Å². The fourth-order valence-corrected chi connectivity index (χ4v) is 5.25. The smallest absolute Gasteiger partial charge is 0.422 e. The summed E-state index contributed by atoms with van der Waals surface area (Å²) in [5.74, 6) is -0.867. The number of rotatable bonds is 7. The standard InChI is InChI=1S/C22H22F6N2O4S2/c1-11-3-4-15-16(5-11)36-18(17(15)19(31)32-2)30-20(35)29-12-6-13(33-9-21(23,24)25)8-14(7-12)34-10-22(26,27)28/h6-8,11H,3-5,9-10H2,1-2H3,(H2,29,30,35). The third-order valence-corrected chi connectivity index (χ3v) is 6.45. The Hall–Kier alpha value is -2.74. The third kappa shape index (κ3) is 7.88. The van der Waals surface area contributed by atoms with E-state index in [2.05, 4.69) is 27.0 Å². The second-order valence-electron chi connectivity index (χ2n) is 8.13. The van der Waals surface area contributed by atoms with Crippen molar-refractivity contribution in [2.75, 3.05) is 31.0 Å². The van der Waals surface area contributed by atoms with Gasteiger partial charge in [0.05, 0.1) is 12.7 Å². The molecule has 0 spiro atoms. The lowest BCUT2D eigenvalue weighted by Crippen LogP contribution is -2.22. The molecule has 36 heavy (non-hydrogen) atoms. The molecule has 6 nitrogen and oxygen atoms in total. The Balaban J connectivity index is 1.82. The van der Waals surface area contributed by atoms with Gasteiger partial charge in [0.15, 0.2) is 18.3 Å². The molecule has 1 aliphatic rings. The number of thiophene rings is 1. The van der Waals surface area contributed by atoms with Gasteiger partial charge in [-0.2, -0.15) is 26.3 Å². The van der Waals surface area contributed by atoms with Crippen LogP contribution in [0, 0.1) is 5.92 Å². The van der Waals surface area contributed by atoms with Crippen molar-refractivity contribution < 1.29 is 45.3 Å². The Kier molecular flexibility index (Phi) is 8.59. The monoisotopic (exact) mass is 556 g/mol. The van der Waals surface area contributed by atoms with E-state index in [1.165, 1.54) is 18.4 Å². The lowest BCUT2D eigenvalue weighted by molar-refractivity contribution is -0.153. The number of esters is 1. The Bertz CT molecular complexity index is 1080. The van der Waals surface area contributed by atoms with Gasteiger partial charge >= 0.3 is 18.3 Å². The summed E-state index contributed by atoms with van der Waals surface area (Å²) < 4.78 is 89.6. The summed E-state index contributed by atoms with van der Waals surface area (Å²) in [6.07, 6.45) is -6.94. The summed E-state index contributed by atoms with van der Waals surface area (Å²) in [4.78, 5) is 13.5. The number of ether oxygens (including phenoxy) is 3. The van der Waals surface area contributed by atoms with Gasteiger partial charge in [0, 0.05) is 28.8 Å². The first-order valence-corrected chi connectivity index (χ1v) is 11.8. The molecular formula is C22H22F6N2O4S2. The molecule has 198 valence electrons. The van der Waals surface area contributed by atoms with Gasteiger partial charge in [-0.05, 0) is 43.0 Å². The average Bonchev–Trinajstić information content (AvgIpc) is 3.11. The second kappa shape index (κ2) is 11.1. The van der Waals surface area contributed by atoms with Crippen molar-refractivity contribution in [3.8, 4) is 11.5 Å². The zero-order valence-corrected chi connectivity index (χ0v) is 20.7. The van der Waals surface area contributed by atoms with Crippen molar-refractivity contribution >= 4 is 45.3 Å². The molecule has 1 heterocycles. The number of hydrogen-bond acceptors (Lipinski definition) is 6. The number of fused-ring (bicyclic) bond motifs is 1. The van der Waals surface area contributed by atoms with Crippen LogP contribution in [-0.2, 0) is 17.6 Å². The maximum atomic E-state index is 12.6. The predicted molar refractivity (Wildman–Crippen MR) is 126 cm³/mol. The van der Waals surface area contributed by atoms with Crippen LogP contribution in [0.1, 0.15) is 34.1 Å². The van der Waals surface area contributed by atoms with Crippen LogP contribution >= 0.6 is 23.6 Å². The fourth-order valence-electron chi connectivity index (χ4n) is 3.56. The predicted octanol–water partition coefficient (Wildman–Crippen LogP) is 6.35. The SMILES string of the molecule is COC(=O)c1c(NC(=S)Nc2cc(OCC(F)(F)F)cc(OCC(F)(F)F)c2)sc2c1CCC(C)C2. The summed E-state index contributed by atoms with van der Waals surface area (Å²) in [7, 11) is 1.26. The van der Waals surface area contributed by atoms with Crippen molar-refractivity contribution in [3.63, 3.8) is 0 Å². The number of carbonyl (C=O) groups excluding carboxylic acids is 1. The lowest BCUT2D eigenvalue weighted by atomic mass is 9.88. The van der Waals surface area contributed by atoms with Crippen LogP contribution in [0.25, 0.3) is 0 Å². The zero-order valence-electron chi connectivity index (χ0n) is 19.1. The summed E-state index contributed by atoms with van der Waals surface area (Å²) in [6, 6.07) is 3.16. The molecule has 1 aromatic carbocycles. The largest absolute Gasteiger partial charge is 0.484 e. The average molecular weight is 557 g/mol. The number of thiocarbonyl (C=S) groups is 1. The van der Waals surface area contributed by atoms with E-state index in [0.717, 1.165) is 41.5 Å². The van der Waals surface area contributed by atoms with E-state index in [1.54, 1.807) is 0 Å². The third-order valence-electron chi connectivity index (χ3n) is 5.07. The van der Waals surface area contributed by atoms with Gasteiger partial charge in [-0.3, -0.25) is 0 Å². The Morgan fingerprint density at radius 2 is 1.64 bits per heavy atom. The van der Waals surface area contributed by atoms with Gasteiger partial charge in [0.2, 0.25) is 0 Å². The van der Waals surface area contributed by atoms with Crippen LogP contribution in [-0.4, -0.2) is 43.8 Å². The summed E-state index contributed by atoms with van der Waals surface area (Å²) >= 11 is 6.63. The molecule has 2 aromatic rings. The minimum atomic E-state index is -4.66. The van der Waals surface area contributed by atoms with E-state index in [4.69, 9.17) is 17.0 Å². The Morgan fingerprint density at radius 3 is 2.17 bits per heavy atom. The second-order valence-corrected chi connectivity index (χ2v) is 9.64. The molecule has 0 bridgehead atoms. The highest BCUT2D eigenvalue weighted by Gasteiger charge is 2.31. The van der Waals surface area contributed by atoms with Crippen LogP contribution in [0.4, 0.5) is 37.0 Å². The Morgan fingerprint density at radius 1 is 1.06 bits per heavy atom. The number of benzene rings is 1. The molecule has 0 fully saturated rings. The highest BCUT2D eigenvalue weighted by molar-refractivity contribution is 7.80. The van der Waals surface area contributed by atoms with E-state index >= 15 is 0 Å². The molecule has 2 N–H and O–H groups in total. The van der Waals surface area contributed by atoms with Gasteiger partial charge in [-0.1, -0.05) is 6.92 Å². The quantitative estimate of drug-likeness (QED) is 0.234. The Labute approximate surface area is 211 Å². The van der Waals surface area contributed by atoms with Gasteiger partial charge in [0.1, 0.15) is 16.5 Å². The number of alkyl halides is 6. The molecule has 1 atom stereocenters. The van der Waals surface area contributed by atoms with E-state index in [9.17, 15) is 31.1 Å². The first kappa shape index (κ1) is 27.8. The van der Waals surface area contributed by atoms with Gasteiger partial charge in [0.25, 0.3) is 0 Å². The minimum absolute atomic E-state index is 0.0129. The minimum Gasteiger partial charge on any atom is -0.484 e. The lowest BCUT2D eigenvalue weighted by Gasteiger charge is -2.18. The van der Waals surface area contributed by atoms with Crippen LogP contribution in [0.2, 0.25) is 0 Å². The topological polar surface area (TPSA) is 68.8 Å². The van der Waals surface area contributed by atoms with Crippen molar-refractivity contribution in [1.29, 1.82) is 0 Å². The maximum absolute atomic E-state index is 12.6. The normalized spacial score (nSPS) is 15.6. The number of carbonyl (C=O) groups is 1. The van der Waals surface area contributed by atoms with Crippen LogP contribution in [0.15, 0.2) is 18.2 Å². The molecule has 0 amide bonds. The summed E-state index contributed by atoms with van der Waals surface area (Å²) in [6.45, 7) is -1.20. The molecular weight excluding hydrogens is 534 g/mol. The molecule has 0 saturated heterocycles. The zero-order chi connectivity index (χ0) is 26.7. The number of halogens is 6. The first-order valence-electron chi connectivity index (χ1n) is 10.6. The first-order chi connectivity index (χ1) is 16.7. The van der Waals surface area contributed by atoms with E-state index < -0.39 is 31.5 Å². The molecule has 1 aromatic heterocycles. The van der Waals surface area contributed by atoms with Gasteiger partial charge in [-0.15, -0.1) is 11.3 Å². The number of nitrogens with one attached hydrogen (secondary N) is 2. The highest BCUT2D eigenvalue weighted by Crippen LogP contribution is 2.40. The van der Waals surface area contributed by atoms with Crippen molar-refractivity contribution in [2.45, 2.75) is 38.5 Å². The van der Waals surface area contributed by atoms with Crippen molar-refractivity contribution in [2.24, 2.45) is 5.92 Å². The van der Waals surface area contributed by atoms with Crippen molar-refractivity contribution in [3.05, 3.63) is 34.2 Å². The molecule has 3 rings (SSSR count). The van der Waals surface area contributed by atoms with Gasteiger partial charge in [-0.25, -0.2) is 4.79 Å². The molecule has 0 aliphatic heterocycles. The molecule has 0 saturated carbocycles. The van der Waals surface area contributed by atoms with E-state index in [-0.39, 0.29) is 22.3 Å². The van der Waals surface area contributed by atoms with Crippen LogP contribution in [0.3, 0.4) is 0 Å². The molecule has 0 radical (unpaired) electrons. The number of methoxy groups -OCH3 is 1. The molecule has 14 heteroatoms. The van der Waals surface area contributed by atoms with E-state index in [0.29, 0.717) is 22.9 Å². The van der Waals surface area contributed by atoms with Crippen molar-refractivity contribution in [1.82, 2.24) is 0 Å². The van der Waals surface area contributed by atoms with E-state index in [1.807, 2.05) is 0 Å². The summed E-state index contributed by atoms with van der Waals surface area (Å²) in [5, 5.41) is 5.96. The molecule has 1 unspecified atom stereocenters. The number of hydrogen-bond donors (Lipinski definition) is 2.